The van der Waals surface area contributed by atoms with Crippen molar-refractivity contribution in [3.05, 3.63) is 28.3 Å². The number of hydrogen-bond donors (Lipinski definition) is 1. The largest absolute Gasteiger partial charge is 0.495 e. The molecule has 0 spiro atoms. The molecule has 1 aliphatic rings. The molecule has 0 aromatic heterocycles. The number of aryl methyl sites for hydroxylation is 1. The molecule has 0 unspecified atom stereocenters. The first kappa shape index (κ1) is 13.7. The second-order valence-corrected chi connectivity index (χ2v) is 5.60. The minimum Gasteiger partial charge on any atom is -0.495 e. The molecule has 1 aromatic rings. The average molecular weight is 268 g/mol. The first-order chi connectivity index (χ1) is 8.66. The predicted molar refractivity (Wildman–Crippen MR) is 76.6 cm³/mol. The predicted octanol–water partition coefficient (Wildman–Crippen LogP) is 3.68. The lowest BCUT2D eigenvalue weighted by Crippen LogP contribution is -2.33. The summed E-state index contributed by atoms with van der Waals surface area (Å²) in [6.07, 6.45) is 5.89. The van der Waals surface area contributed by atoms with E-state index in [0.29, 0.717) is 11.6 Å². The molecule has 0 atom stereocenters. The van der Waals surface area contributed by atoms with Crippen molar-refractivity contribution in [2.45, 2.75) is 44.4 Å². The topological polar surface area (TPSA) is 35.2 Å². The van der Waals surface area contributed by atoms with E-state index < -0.39 is 0 Å². The van der Waals surface area contributed by atoms with Crippen LogP contribution in [0, 0.1) is 0 Å². The maximum absolute atomic E-state index is 6.29. The van der Waals surface area contributed by atoms with Crippen molar-refractivity contribution in [3.63, 3.8) is 0 Å². The fraction of sp³-hybridized carbons (Fsp3) is 0.600. The number of halogens is 1. The van der Waals surface area contributed by atoms with Crippen LogP contribution in [0.2, 0.25) is 5.02 Å². The van der Waals surface area contributed by atoms with Crippen LogP contribution >= 0.6 is 11.6 Å². The summed E-state index contributed by atoms with van der Waals surface area (Å²) in [6, 6.07) is 4.16. The molecule has 0 aliphatic heterocycles. The minimum absolute atomic E-state index is 0.140. The highest BCUT2D eigenvalue weighted by atomic mass is 35.5. The van der Waals surface area contributed by atoms with E-state index in [1.54, 1.807) is 7.11 Å². The van der Waals surface area contributed by atoms with Crippen LogP contribution in [0.4, 0.5) is 0 Å². The van der Waals surface area contributed by atoms with Crippen LogP contribution in [0.25, 0.3) is 0 Å². The summed E-state index contributed by atoms with van der Waals surface area (Å²) in [5.41, 5.74) is 8.88. The van der Waals surface area contributed by atoms with Crippen LogP contribution in [0.15, 0.2) is 12.1 Å². The summed E-state index contributed by atoms with van der Waals surface area (Å²) in [5.74, 6) is 0.766. The Kier molecular flexibility index (Phi) is 4.18. The third kappa shape index (κ3) is 2.24. The van der Waals surface area contributed by atoms with Gasteiger partial charge in [-0.2, -0.15) is 0 Å². The third-order valence-electron chi connectivity index (χ3n) is 4.28. The molecule has 0 bridgehead atoms. The van der Waals surface area contributed by atoms with E-state index in [1.165, 1.54) is 36.8 Å². The molecule has 0 saturated heterocycles. The van der Waals surface area contributed by atoms with E-state index >= 15 is 0 Å². The average Bonchev–Trinajstić information content (AvgIpc) is 2.88. The molecule has 0 radical (unpaired) electrons. The molecule has 1 aromatic carbocycles. The van der Waals surface area contributed by atoms with Gasteiger partial charge in [0, 0.05) is 12.0 Å². The van der Waals surface area contributed by atoms with Gasteiger partial charge < -0.3 is 10.5 Å². The second-order valence-electron chi connectivity index (χ2n) is 5.19. The monoisotopic (exact) mass is 267 g/mol. The van der Waals surface area contributed by atoms with E-state index in [-0.39, 0.29) is 5.41 Å². The second kappa shape index (κ2) is 5.50. The van der Waals surface area contributed by atoms with Crippen molar-refractivity contribution in [1.29, 1.82) is 0 Å². The van der Waals surface area contributed by atoms with E-state index in [1.807, 2.05) is 0 Å². The molecular weight excluding hydrogens is 246 g/mol. The molecule has 18 heavy (non-hydrogen) atoms. The number of nitrogens with two attached hydrogens (primary N) is 1. The Balaban J connectivity index is 2.52. The van der Waals surface area contributed by atoms with Crippen LogP contribution in [-0.2, 0) is 11.8 Å². The Morgan fingerprint density at radius 2 is 2.00 bits per heavy atom. The van der Waals surface area contributed by atoms with Crippen molar-refractivity contribution in [1.82, 2.24) is 0 Å². The summed E-state index contributed by atoms with van der Waals surface area (Å²) in [6.45, 7) is 2.88. The summed E-state index contributed by atoms with van der Waals surface area (Å²) in [4.78, 5) is 0. The Hall–Kier alpha value is -0.730. The van der Waals surface area contributed by atoms with Gasteiger partial charge in [-0.25, -0.2) is 0 Å². The molecule has 100 valence electrons. The zero-order valence-corrected chi connectivity index (χ0v) is 12.0. The van der Waals surface area contributed by atoms with Gasteiger partial charge in [-0.3, -0.25) is 0 Å². The van der Waals surface area contributed by atoms with Crippen LogP contribution in [0.3, 0.4) is 0 Å². The molecule has 0 amide bonds. The first-order valence-corrected chi connectivity index (χ1v) is 7.11. The van der Waals surface area contributed by atoms with E-state index in [2.05, 4.69) is 19.1 Å². The Morgan fingerprint density at radius 1 is 1.33 bits per heavy atom. The van der Waals surface area contributed by atoms with Crippen molar-refractivity contribution in [2.75, 3.05) is 13.7 Å². The van der Waals surface area contributed by atoms with Gasteiger partial charge in [0.1, 0.15) is 5.75 Å². The molecule has 1 saturated carbocycles. The SMILES string of the molecule is CCc1cc(OC)c(Cl)cc1C1(CN)CCCC1. The maximum atomic E-state index is 6.29. The standard InChI is InChI=1S/C15H22ClNO/c1-3-11-8-14(18-2)13(16)9-12(11)15(10-17)6-4-5-7-15/h8-9H,3-7,10,17H2,1-2H3. The van der Waals surface area contributed by atoms with Crippen molar-refractivity contribution in [2.24, 2.45) is 5.73 Å². The summed E-state index contributed by atoms with van der Waals surface area (Å²) in [7, 11) is 1.66. The Morgan fingerprint density at radius 3 is 2.50 bits per heavy atom. The lowest BCUT2D eigenvalue weighted by molar-refractivity contribution is 0.411. The summed E-state index contributed by atoms with van der Waals surface area (Å²) in [5, 5.41) is 0.699. The lowest BCUT2D eigenvalue weighted by Gasteiger charge is -2.30. The quantitative estimate of drug-likeness (QED) is 0.903. The van der Waals surface area contributed by atoms with Gasteiger partial charge in [0.05, 0.1) is 12.1 Å². The number of hydrogen-bond acceptors (Lipinski definition) is 2. The van der Waals surface area contributed by atoms with Crippen LogP contribution in [-0.4, -0.2) is 13.7 Å². The van der Waals surface area contributed by atoms with Crippen LogP contribution < -0.4 is 10.5 Å². The normalized spacial score (nSPS) is 18.0. The fourth-order valence-electron chi connectivity index (χ4n) is 3.17. The van der Waals surface area contributed by atoms with Gasteiger partial charge in [-0.1, -0.05) is 31.4 Å². The molecule has 2 nitrogen and oxygen atoms in total. The molecule has 1 fully saturated rings. The lowest BCUT2D eigenvalue weighted by atomic mass is 9.76. The number of rotatable bonds is 4. The van der Waals surface area contributed by atoms with E-state index in [4.69, 9.17) is 22.1 Å². The summed E-state index contributed by atoms with van der Waals surface area (Å²) >= 11 is 6.29. The number of benzene rings is 1. The molecule has 1 aliphatic carbocycles. The van der Waals surface area contributed by atoms with Crippen molar-refractivity contribution < 1.29 is 4.74 Å². The van der Waals surface area contributed by atoms with E-state index in [9.17, 15) is 0 Å². The van der Waals surface area contributed by atoms with Crippen LogP contribution in [0.1, 0.15) is 43.7 Å². The molecule has 2 N–H and O–H groups in total. The zero-order chi connectivity index (χ0) is 13.2. The molecular formula is C15H22ClNO. The van der Waals surface area contributed by atoms with Gasteiger partial charge in [-0.15, -0.1) is 0 Å². The summed E-state index contributed by atoms with van der Waals surface area (Å²) < 4.78 is 5.31. The first-order valence-electron chi connectivity index (χ1n) is 6.74. The highest BCUT2D eigenvalue weighted by molar-refractivity contribution is 6.32. The molecule has 2 rings (SSSR count). The zero-order valence-electron chi connectivity index (χ0n) is 11.3. The maximum Gasteiger partial charge on any atom is 0.137 e. The highest BCUT2D eigenvalue weighted by Gasteiger charge is 2.36. The van der Waals surface area contributed by atoms with Gasteiger partial charge >= 0.3 is 0 Å². The van der Waals surface area contributed by atoms with Gasteiger partial charge in [0.25, 0.3) is 0 Å². The van der Waals surface area contributed by atoms with E-state index in [0.717, 1.165) is 12.2 Å². The molecule has 0 heterocycles. The van der Waals surface area contributed by atoms with Gasteiger partial charge in [0.15, 0.2) is 0 Å². The van der Waals surface area contributed by atoms with Gasteiger partial charge in [0.2, 0.25) is 0 Å². The number of methoxy groups -OCH3 is 1. The highest BCUT2D eigenvalue weighted by Crippen LogP contribution is 2.44. The third-order valence-corrected chi connectivity index (χ3v) is 4.58. The fourth-order valence-corrected chi connectivity index (χ4v) is 3.41. The molecule has 3 heteroatoms. The van der Waals surface area contributed by atoms with Crippen molar-refractivity contribution in [3.8, 4) is 5.75 Å². The smallest absolute Gasteiger partial charge is 0.137 e. The van der Waals surface area contributed by atoms with Gasteiger partial charge in [-0.05, 0) is 42.5 Å². The van der Waals surface area contributed by atoms with Crippen molar-refractivity contribution >= 4 is 11.6 Å². The number of ether oxygens (including phenoxy) is 1. The Labute approximate surface area is 114 Å². The Bertz CT molecular complexity index is 425. The van der Waals surface area contributed by atoms with Crippen LogP contribution in [0.5, 0.6) is 5.75 Å². The minimum atomic E-state index is 0.140.